The number of guanidine groups is 1. The van der Waals surface area contributed by atoms with Crippen molar-refractivity contribution in [2.75, 3.05) is 13.2 Å². The number of nitrogens with zero attached hydrogens (tertiary/aromatic N) is 1. The largest absolute Gasteiger partial charge is 0.391 e. The van der Waals surface area contributed by atoms with Crippen LogP contribution in [-0.2, 0) is 4.74 Å². The minimum absolute atomic E-state index is 0. The minimum atomic E-state index is -4.05. The highest BCUT2D eigenvalue weighted by Gasteiger charge is 2.65. The number of hydrogen-bond acceptors (Lipinski definition) is 2. The summed E-state index contributed by atoms with van der Waals surface area (Å²) in [7, 11) is 0. The Hall–Kier alpha value is -0.250. The Labute approximate surface area is 182 Å². The van der Waals surface area contributed by atoms with E-state index in [-0.39, 0.29) is 48.3 Å². The van der Waals surface area contributed by atoms with Crippen molar-refractivity contribution in [1.29, 1.82) is 0 Å². The fraction of sp³-hybridized carbons (Fsp3) is 0.950. The van der Waals surface area contributed by atoms with Gasteiger partial charge in [0.05, 0.1) is 12.0 Å². The summed E-state index contributed by atoms with van der Waals surface area (Å²) in [4.78, 5) is 4.61. The summed E-state index contributed by atoms with van der Waals surface area (Å²) in [5.74, 6) is 0.197. The molecule has 4 rings (SSSR count). The van der Waals surface area contributed by atoms with Crippen LogP contribution in [0.25, 0.3) is 0 Å². The number of rotatable bonds is 3. The Balaban J connectivity index is 0.00000225. The van der Waals surface area contributed by atoms with Gasteiger partial charge < -0.3 is 15.4 Å². The second-order valence-corrected chi connectivity index (χ2v) is 8.86. The molecule has 28 heavy (non-hydrogen) atoms. The molecular weight excluding hydrogens is 482 g/mol. The Bertz CT molecular complexity index is 557. The number of fused-ring (bicyclic) bond motifs is 2. The van der Waals surface area contributed by atoms with Crippen molar-refractivity contribution in [2.24, 2.45) is 22.2 Å². The summed E-state index contributed by atoms with van der Waals surface area (Å²) in [5, 5.41) is 7.13. The molecule has 2 N–H and O–H groups in total. The van der Waals surface area contributed by atoms with Gasteiger partial charge >= 0.3 is 6.18 Å². The van der Waals surface area contributed by atoms with Crippen molar-refractivity contribution in [3.63, 3.8) is 0 Å². The van der Waals surface area contributed by atoms with Crippen molar-refractivity contribution in [2.45, 2.75) is 89.1 Å². The molecule has 0 amide bonds. The van der Waals surface area contributed by atoms with Crippen molar-refractivity contribution in [3.05, 3.63) is 0 Å². The molecule has 3 aliphatic carbocycles. The SMILES string of the molecule is CCN=C(NC1CCC(C(F)(F)F)CC1)NC1C2CCOC2C12CCCC2.I. The molecule has 4 fully saturated rings. The molecule has 1 spiro atoms. The van der Waals surface area contributed by atoms with Crippen LogP contribution in [0.15, 0.2) is 4.99 Å². The van der Waals surface area contributed by atoms with E-state index in [1.807, 2.05) is 6.92 Å². The number of alkyl halides is 3. The molecule has 4 aliphatic rings. The molecular formula is C20H33F3IN3O. The molecule has 0 bridgehead atoms. The number of aliphatic imine (C=N–C) groups is 1. The Morgan fingerprint density at radius 3 is 2.36 bits per heavy atom. The summed E-state index contributed by atoms with van der Waals surface area (Å²) in [5.41, 5.74) is 0.241. The molecule has 0 radical (unpaired) electrons. The third-order valence-corrected chi connectivity index (χ3v) is 7.43. The first-order valence-corrected chi connectivity index (χ1v) is 10.7. The zero-order valence-corrected chi connectivity index (χ0v) is 18.9. The van der Waals surface area contributed by atoms with Gasteiger partial charge in [0.15, 0.2) is 5.96 Å². The molecule has 0 aromatic carbocycles. The topological polar surface area (TPSA) is 45.7 Å². The highest BCUT2D eigenvalue weighted by atomic mass is 127. The fourth-order valence-corrected chi connectivity index (χ4v) is 6.10. The average Bonchev–Trinajstić information content (AvgIpc) is 3.28. The molecule has 1 saturated heterocycles. The molecule has 4 nitrogen and oxygen atoms in total. The Kier molecular flexibility index (Phi) is 7.10. The van der Waals surface area contributed by atoms with Crippen LogP contribution in [-0.4, -0.2) is 43.5 Å². The Morgan fingerprint density at radius 2 is 1.75 bits per heavy atom. The molecule has 3 saturated carbocycles. The molecule has 162 valence electrons. The van der Waals surface area contributed by atoms with Crippen LogP contribution in [0, 0.1) is 17.3 Å². The van der Waals surface area contributed by atoms with Crippen LogP contribution >= 0.6 is 24.0 Å². The normalized spacial score (nSPS) is 37.1. The molecule has 0 aromatic heterocycles. The van der Waals surface area contributed by atoms with E-state index in [0.29, 0.717) is 37.5 Å². The lowest BCUT2D eigenvalue weighted by Gasteiger charge is -2.57. The number of halogens is 4. The van der Waals surface area contributed by atoms with Gasteiger partial charge in [0.2, 0.25) is 0 Å². The maximum atomic E-state index is 12.9. The van der Waals surface area contributed by atoms with Gasteiger partial charge in [-0.1, -0.05) is 12.8 Å². The standard InChI is InChI=1S/C20H32F3N3O.HI/c1-2-24-18(25-14-7-5-13(6-8-14)20(21,22)23)26-16-15-9-12-27-17(15)19(16)10-3-4-11-19;/h13-17H,2-12H2,1H3,(H2,24,25,26);1H. The fourth-order valence-electron chi connectivity index (χ4n) is 6.10. The minimum Gasteiger partial charge on any atom is -0.377 e. The van der Waals surface area contributed by atoms with Crippen LogP contribution in [0.4, 0.5) is 13.2 Å². The van der Waals surface area contributed by atoms with E-state index in [0.717, 1.165) is 19.0 Å². The first-order valence-electron chi connectivity index (χ1n) is 10.7. The number of nitrogens with one attached hydrogen (secondary N) is 2. The van der Waals surface area contributed by atoms with Crippen LogP contribution in [0.2, 0.25) is 0 Å². The highest BCUT2D eigenvalue weighted by Crippen LogP contribution is 2.60. The van der Waals surface area contributed by atoms with E-state index in [2.05, 4.69) is 15.6 Å². The molecule has 1 aliphatic heterocycles. The third-order valence-electron chi connectivity index (χ3n) is 7.43. The van der Waals surface area contributed by atoms with E-state index in [4.69, 9.17) is 4.74 Å². The Morgan fingerprint density at radius 1 is 1.07 bits per heavy atom. The van der Waals surface area contributed by atoms with E-state index >= 15 is 0 Å². The summed E-state index contributed by atoms with van der Waals surface area (Å²) in [6, 6.07) is 0.466. The lowest BCUT2D eigenvalue weighted by atomic mass is 9.54. The lowest BCUT2D eigenvalue weighted by molar-refractivity contribution is -0.182. The van der Waals surface area contributed by atoms with Gasteiger partial charge in [-0.25, -0.2) is 0 Å². The first kappa shape index (κ1) is 22.4. The van der Waals surface area contributed by atoms with Gasteiger partial charge in [-0.05, 0) is 51.9 Å². The second kappa shape index (κ2) is 8.86. The van der Waals surface area contributed by atoms with Gasteiger partial charge in [0.1, 0.15) is 0 Å². The molecule has 1 heterocycles. The van der Waals surface area contributed by atoms with E-state index in [9.17, 15) is 13.2 Å². The maximum Gasteiger partial charge on any atom is 0.391 e. The first-order chi connectivity index (χ1) is 12.9. The second-order valence-electron chi connectivity index (χ2n) is 8.86. The van der Waals surface area contributed by atoms with Gasteiger partial charge in [-0.3, -0.25) is 4.99 Å². The quantitative estimate of drug-likeness (QED) is 0.328. The zero-order valence-electron chi connectivity index (χ0n) is 16.6. The van der Waals surface area contributed by atoms with E-state index in [1.54, 1.807) is 0 Å². The average molecular weight is 515 g/mol. The highest BCUT2D eigenvalue weighted by molar-refractivity contribution is 14.0. The monoisotopic (exact) mass is 515 g/mol. The van der Waals surface area contributed by atoms with Gasteiger partial charge in [0, 0.05) is 36.6 Å². The van der Waals surface area contributed by atoms with Gasteiger partial charge in [-0.2, -0.15) is 13.2 Å². The molecule has 3 unspecified atom stereocenters. The van der Waals surface area contributed by atoms with Crippen LogP contribution < -0.4 is 10.6 Å². The van der Waals surface area contributed by atoms with E-state index < -0.39 is 12.1 Å². The smallest absolute Gasteiger partial charge is 0.377 e. The van der Waals surface area contributed by atoms with Crippen LogP contribution in [0.5, 0.6) is 0 Å². The van der Waals surface area contributed by atoms with Crippen LogP contribution in [0.1, 0.15) is 64.7 Å². The molecule has 3 atom stereocenters. The van der Waals surface area contributed by atoms with Crippen molar-refractivity contribution < 1.29 is 17.9 Å². The summed E-state index contributed by atoms with van der Waals surface area (Å²) in [6.07, 6.45) is 3.92. The predicted molar refractivity (Wildman–Crippen MR) is 114 cm³/mol. The van der Waals surface area contributed by atoms with Crippen molar-refractivity contribution in [1.82, 2.24) is 10.6 Å². The third kappa shape index (κ3) is 4.14. The number of hydrogen-bond donors (Lipinski definition) is 2. The van der Waals surface area contributed by atoms with Gasteiger partial charge in [-0.15, -0.1) is 24.0 Å². The van der Waals surface area contributed by atoms with E-state index in [1.165, 1.54) is 25.7 Å². The summed E-state index contributed by atoms with van der Waals surface area (Å²) >= 11 is 0. The molecule has 8 heteroatoms. The zero-order chi connectivity index (χ0) is 19.1. The molecule has 0 aromatic rings. The lowest BCUT2D eigenvalue weighted by Crippen LogP contribution is -2.69. The predicted octanol–water partition coefficient (Wildman–Crippen LogP) is 4.63. The number of ether oxygens (including phenoxy) is 1. The maximum absolute atomic E-state index is 12.9. The van der Waals surface area contributed by atoms with Gasteiger partial charge in [0.25, 0.3) is 0 Å². The van der Waals surface area contributed by atoms with Crippen molar-refractivity contribution in [3.8, 4) is 0 Å². The van der Waals surface area contributed by atoms with Crippen LogP contribution in [0.3, 0.4) is 0 Å². The van der Waals surface area contributed by atoms with Crippen molar-refractivity contribution >= 4 is 29.9 Å². The summed E-state index contributed by atoms with van der Waals surface area (Å²) in [6.45, 7) is 3.51. The summed E-state index contributed by atoms with van der Waals surface area (Å²) < 4.78 is 44.8.